The Bertz CT molecular complexity index is 1090. The molecule has 3 aromatic carbocycles. The largest absolute Gasteiger partial charge is 0.497 e. The van der Waals surface area contributed by atoms with Gasteiger partial charge in [0.2, 0.25) is 0 Å². The van der Waals surface area contributed by atoms with Crippen LogP contribution in [0.4, 0.5) is 13.2 Å². The summed E-state index contributed by atoms with van der Waals surface area (Å²) in [6.45, 7) is 0.286. The minimum absolute atomic E-state index is 0.0192. The Balaban J connectivity index is 1.45. The van der Waals surface area contributed by atoms with Crippen LogP contribution in [0.15, 0.2) is 54.6 Å². The van der Waals surface area contributed by atoms with E-state index in [9.17, 15) is 18.3 Å². The Morgan fingerprint density at radius 3 is 2.24 bits per heavy atom. The third kappa shape index (κ3) is 5.17. The molecule has 1 N–H and O–H groups in total. The van der Waals surface area contributed by atoms with Gasteiger partial charge < -0.3 is 14.6 Å². The molecule has 0 aromatic heterocycles. The summed E-state index contributed by atoms with van der Waals surface area (Å²) in [5, 5.41) is 9.29. The van der Waals surface area contributed by atoms with Gasteiger partial charge in [-0.2, -0.15) is 0 Å². The fourth-order valence-electron chi connectivity index (χ4n) is 4.43. The first-order valence-corrected chi connectivity index (χ1v) is 11.1. The van der Waals surface area contributed by atoms with E-state index >= 15 is 0 Å². The first-order chi connectivity index (χ1) is 16.0. The van der Waals surface area contributed by atoms with Gasteiger partial charge in [-0.15, -0.1) is 0 Å². The molecule has 1 aliphatic carbocycles. The van der Waals surface area contributed by atoms with Gasteiger partial charge >= 0.3 is 0 Å². The van der Waals surface area contributed by atoms with E-state index in [1.54, 1.807) is 42.5 Å². The number of methoxy groups -OCH3 is 1. The van der Waals surface area contributed by atoms with Crippen LogP contribution in [-0.2, 0) is 6.61 Å². The van der Waals surface area contributed by atoms with E-state index < -0.39 is 17.5 Å². The molecule has 0 spiro atoms. The van der Waals surface area contributed by atoms with E-state index in [2.05, 4.69) is 0 Å². The monoisotopic (exact) mass is 456 g/mol. The van der Waals surface area contributed by atoms with Gasteiger partial charge in [-0.05, 0) is 66.3 Å². The van der Waals surface area contributed by atoms with E-state index in [0.717, 1.165) is 31.2 Å². The quantitative estimate of drug-likeness (QED) is 0.434. The SMILES string of the molecule is COc1ccc(OCc2ccc(-c3ccc(C4CCC(CO)CC4)c(F)c3F)cc2)c(F)c1. The molecule has 0 bridgehead atoms. The van der Waals surface area contributed by atoms with Gasteiger partial charge in [0.15, 0.2) is 23.2 Å². The molecule has 0 unspecified atom stereocenters. The molecule has 0 atom stereocenters. The maximum absolute atomic E-state index is 14.9. The average molecular weight is 457 g/mol. The number of benzene rings is 3. The fraction of sp³-hybridized carbons (Fsp3) is 0.333. The van der Waals surface area contributed by atoms with Gasteiger partial charge in [0.1, 0.15) is 12.4 Å². The third-order valence-corrected chi connectivity index (χ3v) is 6.46. The van der Waals surface area contributed by atoms with Crippen molar-refractivity contribution in [3.05, 3.63) is 83.2 Å². The van der Waals surface area contributed by atoms with Crippen LogP contribution in [0.5, 0.6) is 11.5 Å². The predicted octanol–water partition coefficient (Wildman–Crippen LogP) is 6.62. The third-order valence-electron chi connectivity index (χ3n) is 6.46. The minimum Gasteiger partial charge on any atom is -0.497 e. The van der Waals surface area contributed by atoms with Crippen LogP contribution in [0.2, 0.25) is 0 Å². The molecule has 0 radical (unpaired) electrons. The highest BCUT2D eigenvalue weighted by Gasteiger charge is 2.26. The van der Waals surface area contributed by atoms with Crippen LogP contribution in [0, 0.1) is 23.4 Å². The Morgan fingerprint density at radius 1 is 0.879 bits per heavy atom. The summed E-state index contributed by atoms with van der Waals surface area (Å²) in [5.41, 5.74) is 1.95. The highest BCUT2D eigenvalue weighted by atomic mass is 19.2. The van der Waals surface area contributed by atoms with Crippen molar-refractivity contribution in [2.24, 2.45) is 5.92 Å². The van der Waals surface area contributed by atoms with Crippen molar-refractivity contribution in [1.82, 2.24) is 0 Å². The normalized spacial score (nSPS) is 18.2. The lowest BCUT2D eigenvalue weighted by Crippen LogP contribution is -2.17. The van der Waals surface area contributed by atoms with Gasteiger partial charge in [-0.3, -0.25) is 0 Å². The van der Waals surface area contributed by atoms with Crippen molar-refractivity contribution in [3.8, 4) is 22.6 Å². The molecular formula is C27H27F3O3. The number of aliphatic hydroxyl groups is 1. The summed E-state index contributed by atoms with van der Waals surface area (Å²) in [6, 6.07) is 14.6. The first kappa shape index (κ1) is 23.2. The van der Waals surface area contributed by atoms with Crippen molar-refractivity contribution >= 4 is 0 Å². The molecule has 4 rings (SSSR count). The number of hydrogen-bond acceptors (Lipinski definition) is 3. The van der Waals surface area contributed by atoms with E-state index in [0.29, 0.717) is 16.9 Å². The summed E-state index contributed by atoms with van der Waals surface area (Å²) in [4.78, 5) is 0. The highest BCUT2D eigenvalue weighted by molar-refractivity contribution is 5.65. The molecule has 0 amide bonds. The zero-order valence-corrected chi connectivity index (χ0v) is 18.5. The van der Waals surface area contributed by atoms with Crippen LogP contribution in [0.3, 0.4) is 0 Å². The van der Waals surface area contributed by atoms with Crippen LogP contribution in [0.1, 0.15) is 42.7 Å². The lowest BCUT2D eigenvalue weighted by atomic mass is 9.78. The second kappa shape index (κ2) is 10.3. The molecule has 3 nitrogen and oxygen atoms in total. The molecular weight excluding hydrogens is 429 g/mol. The maximum Gasteiger partial charge on any atom is 0.168 e. The lowest BCUT2D eigenvalue weighted by Gasteiger charge is -2.28. The molecule has 174 valence electrons. The molecule has 1 aliphatic rings. The molecule has 0 saturated heterocycles. The van der Waals surface area contributed by atoms with E-state index in [1.807, 2.05) is 0 Å². The molecule has 1 fully saturated rings. The first-order valence-electron chi connectivity index (χ1n) is 11.1. The lowest BCUT2D eigenvalue weighted by molar-refractivity contribution is 0.181. The average Bonchev–Trinajstić information content (AvgIpc) is 2.85. The summed E-state index contributed by atoms with van der Waals surface area (Å²) in [5.74, 6) is -1.40. The Morgan fingerprint density at radius 2 is 1.61 bits per heavy atom. The Kier molecular flexibility index (Phi) is 7.23. The zero-order valence-electron chi connectivity index (χ0n) is 18.5. The summed E-state index contributed by atoms with van der Waals surface area (Å²) < 4.78 is 54.4. The second-order valence-electron chi connectivity index (χ2n) is 8.51. The number of hydrogen-bond donors (Lipinski definition) is 1. The van der Waals surface area contributed by atoms with Gasteiger partial charge in [0, 0.05) is 18.2 Å². The molecule has 1 saturated carbocycles. The molecule has 3 aromatic rings. The zero-order chi connectivity index (χ0) is 23.4. The van der Waals surface area contributed by atoms with E-state index in [1.165, 1.54) is 19.2 Å². The molecule has 0 aliphatic heterocycles. The predicted molar refractivity (Wildman–Crippen MR) is 121 cm³/mol. The van der Waals surface area contributed by atoms with E-state index in [4.69, 9.17) is 9.47 Å². The smallest absolute Gasteiger partial charge is 0.168 e. The topological polar surface area (TPSA) is 38.7 Å². The Hall–Kier alpha value is -2.99. The number of rotatable bonds is 7. The number of halogens is 3. The second-order valence-corrected chi connectivity index (χ2v) is 8.51. The molecule has 0 heterocycles. The van der Waals surface area contributed by atoms with Crippen molar-refractivity contribution in [1.29, 1.82) is 0 Å². The van der Waals surface area contributed by atoms with Crippen LogP contribution in [0.25, 0.3) is 11.1 Å². The summed E-state index contributed by atoms with van der Waals surface area (Å²) in [7, 11) is 1.46. The number of ether oxygens (including phenoxy) is 2. The minimum atomic E-state index is -0.846. The van der Waals surface area contributed by atoms with Crippen molar-refractivity contribution in [2.75, 3.05) is 13.7 Å². The van der Waals surface area contributed by atoms with Gasteiger partial charge in [0.25, 0.3) is 0 Å². The summed E-state index contributed by atoms with van der Waals surface area (Å²) >= 11 is 0. The Labute approximate surface area is 191 Å². The fourth-order valence-corrected chi connectivity index (χ4v) is 4.43. The molecule has 6 heteroatoms. The van der Waals surface area contributed by atoms with Crippen LogP contribution in [-0.4, -0.2) is 18.8 Å². The van der Waals surface area contributed by atoms with Gasteiger partial charge in [-0.25, -0.2) is 13.2 Å². The standard InChI is InChI=1S/C27H27F3O3/c1-32-21-10-13-25(24(28)14-21)33-16-18-4-8-20(9-5-18)23-12-11-22(26(29)27(23)30)19-6-2-17(15-31)3-7-19/h4-5,8-14,17,19,31H,2-3,6-7,15-16H2,1H3. The van der Waals surface area contributed by atoms with Crippen LogP contribution < -0.4 is 9.47 Å². The van der Waals surface area contributed by atoms with E-state index in [-0.39, 0.29) is 36.4 Å². The van der Waals surface area contributed by atoms with Crippen molar-refractivity contribution < 1.29 is 27.8 Å². The number of aliphatic hydroxyl groups excluding tert-OH is 1. The highest BCUT2D eigenvalue weighted by Crippen LogP contribution is 2.38. The van der Waals surface area contributed by atoms with Crippen molar-refractivity contribution in [3.63, 3.8) is 0 Å². The van der Waals surface area contributed by atoms with Gasteiger partial charge in [0.05, 0.1) is 7.11 Å². The van der Waals surface area contributed by atoms with Gasteiger partial charge in [-0.1, -0.05) is 36.4 Å². The van der Waals surface area contributed by atoms with Crippen LogP contribution >= 0.6 is 0 Å². The molecule has 33 heavy (non-hydrogen) atoms. The van der Waals surface area contributed by atoms with Crippen molar-refractivity contribution in [2.45, 2.75) is 38.2 Å². The maximum atomic E-state index is 14.9. The summed E-state index contributed by atoms with van der Waals surface area (Å²) in [6.07, 6.45) is 3.16.